The number of imidazole rings is 1. The summed E-state index contributed by atoms with van der Waals surface area (Å²) >= 11 is 11.3. The first-order valence-corrected chi connectivity index (χ1v) is 13.0. The molecule has 2 aromatic heterocycles. The van der Waals surface area contributed by atoms with Gasteiger partial charge in [-0.1, -0.05) is 30.3 Å². The lowest BCUT2D eigenvalue weighted by molar-refractivity contribution is 0.362. The summed E-state index contributed by atoms with van der Waals surface area (Å²) in [5, 5.41) is 8.43. The Hall–Kier alpha value is -2.29. The molecule has 32 heavy (non-hydrogen) atoms. The first-order valence-electron chi connectivity index (χ1n) is 10.9. The zero-order valence-electron chi connectivity index (χ0n) is 17.3. The molecule has 1 fully saturated rings. The number of H-pyrrole nitrogens is 1. The van der Waals surface area contributed by atoms with Gasteiger partial charge in [0.1, 0.15) is 11.9 Å². The van der Waals surface area contributed by atoms with Gasteiger partial charge in [-0.15, -0.1) is 11.3 Å². The highest BCUT2D eigenvalue weighted by Crippen LogP contribution is 2.38. The molecule has 1 aromatic carbocycles. The van der Waals surface area contributed by atoms with Gasteiger partial charge in [0.2, 0.25) is 0 Å². The number of hydrogen-bond donors (Lipinski definition) is 2. The zero-order chi connectivity index (χ0) is 21.7. The lowest BCUT2D eigenvalue weighted by Gasteiger charge is -2.31. The maximum atomic E-state index is 5.87. The van der Waals surface area contributed by atoms with Crippen LogP contribution in [-0.2, 0) is 6.42 Å². The number of benzene rings is 1. The van der Waals surface area contributed by atoms with Gasteiger partial charge in [0.25, 0.3) is 0 Å². The minimum atomic E-state index is -0.0213. The maximum absolute atomic E-state index is 5.87. The van der Waals surface area contributed by atoms with Gasteiger partial charge in [-0.25, -0.2) is 4.98 Å². The van der Waals surface area contributed by atoms with E-state index in [1.165, 1.54) is 16.0 Å². The van der Waals surface area contributed by atoms with Crippen molar-refractivity contribution in [2.24, 2.45) is 4.99 Å². The Labute approximate surface area is 204 Å². The number of hydrogen-bond acceptors (Lipinski definition) is 4. The highest BCUT2D eigenvalue weighted by Gasteiger charge is 2.40. The summed E-state index contributed by atoms with van der Waals surface area (Å²) in [6, 6.07) is 11.2. The number of fused-ring (bicyclic) bond motifs is 2. The molecule has 6 rings (SSSR count). The molecular formula is C24H22BrN5S2. The molecule has 3 heterocycles. The van der Waals surface area contributed by atoms with E-state index in [-0.39, 0.29) is 18.1 Å². The van der Waals surface area contributed by atoms with E-state index in [0.717, 1.165) is 51.8 Å². The fourth-order valence-electron chi connectivity index (χ4n) is 5.01. The van der Waals surface area contributed by atoms with E-state index in [2.05, 4.69) is 84.0 Å². The molecule has 3 unspecified atom stereocenters. The average Bonchev–Trinajstić information content (AvgIpc) is 3.52. The first-order chi connectivity index (χ1) is 15.7. The second kappa shape index (κ2) is 8.24. The predicted octanol–water partition coefficient (Wildman–Crippen LogP) is 3.97. The minimum Gasteiger partial charge on any atom is -0.345 e. The van der Waals surface area contributed by atoms with Gasteiger partial charge in [0, 0.05) is 14.7 Å². The van der Waals surface area contributed by atoms with Gasteiger partial charge in [-0.3, -0.25) is 4.99 Å². The highest BCUT2D eigenvalue weighted by atomic mass is 79.9. The topological polar surface area (TPSA) is 56.3 Å². The van der Waals surface area contributed by atoms with Crippen molar-refractivity contribution < 1.29 is 0 Å². The molecular weight excluding hydrogens is 502 g/mol. The number of aryl methyl sites for hydroxylation is 1. The van der Waals surface area contributed by atoms with E-state index in [9.17, 15) is 0 Å². The fraction of sp³-hybridized carbons (Fsp3) is 0.292. The molecule has 3 atom stereocenters. The summed E-state index contributed by atoms with van der Waals surface area (Å²) in [5.41, 5.74) is 2.77. The lowest BCUT2D eigenvalue weighted by atomic mass is 9.88. The molecule has 0 radical (unpaired) electrons. The average molecular weight is 525 g/mol. The molecule has 2 N–H and O–H groups in total. The summed E-state index contributed by atoms with van der Waals surface area (Å²) in [6.45, 7) is 0. The third-order valence-electron chi connectivity index (χ3n) is 6.47. The number of aromatic nitrogens is 2. The van der Waals surface area contributed by atoms with E-state index in [1.807, 2.05) is 0 Å². The molecule has 8 heteroatoms. The van der Waals surface area contributed by atoms with Gasteiger partial charge < -0.3 is 15.2 Å². The van der Waals surface area contributed by atoms with E-state index in [1.54, 1.807) is 17.7 Å². The number of halogens is 1. The van der Waals surface area contributed by atoms with E-state index < -0.39 is 0 Å². The largest absolute Gasteiger partial charge is 0.345 e. The van der Waals surface area contributed by atoms with Gasteiger partial charge >= 0.3 is 0 Å². The Morgan fingerprint density at radius 1 is 1.28 bits per heavy atom. The van der Waals surface area contributed by atoms with Crippen molar-refractivity contribution in [2.45, 2.75) is 43.8 Å². The molecule has 0 saturated carbocycles. The maximum Gasteiger partial charge on any atom is 0.175 e. The summed E-state index contributed by atoms with van der Waals surface area (Å²) in [6.07, 6.45) is 10.4. The molecule has 3 aromatic rings. The van der Waals surface area contributed by atoms with Crippen LogP contribution >= 0.6 is 39.5 Å². The number of thiocarbonyl (C=S) groups is 1. The Bertz CT molecular complexity index is 1340. The Kier molecular flexibility index (Phi) is 5.24. The smallest absolute Gasteiger partial charge is 0.175 e. The standard InChI is InChI=1S/C24H22BrN5S2/c25-15-10-21(32-12-15)22-23(28-18-7-3-5-14-4-1-2-6-17(14)18)29-24(31)30(22)16-8-9-19-20(11-16)27-13-26-19/h1-2,4,6,9-13,16,18,22H,3,5,7-8H2,(H,26,27)(H,28,29,31). The molecule has 5 nitrogen and oxygen atoms in total. The number of rotatable bonds is 3. The van der Waals surface area contributed by atoms with Crippen LogP contribution in [0.1, 0.15) is 47.4 Å². The van der Waals surface area contributed by atoms with Crippen molar-refractivity contribution in [3.63, 3.8) is 0 Å². The number of aliphatic imine (C=N–C) groups is 1. The van der Waals surface area contributed by atoms with Crippen LogP contribution in [0.4, 0.5) is 0 Å². The summed E-state index contributed by atoms with van der Waals surface area (Å²) in [7, 11) is 0. The van der Waals surface area contributed by atoms with Crippen LogP contribution < -0.4 is 16.0 Å². The summed E-state index contributed by atoms with van der Waals surface area (Å²) in [5.74, 6) is 0.954. The monoisotopic (exact) mass is 523 g/mol. The van der Waals surface area contributed by atoms with Gasteiger partial charge in [0.15, 0.2) is 5.11 Å². The minimum absolute atomic E-state index is 0.0213. The van der Waals surface area contributed by atoms with Crippen LogP contribution in [0.2, 0.25) is 0 Å². The van der Waals surface area contributed by atoms with Crippen LogP contribution in [0.5, 0.6) is 0 Å². The van der Waals surface area contributed by atoms with Crippen LogP contribution in [0.3, 0.4) is 0 Å². The number of thiophene rings is 1. The van der Waals surface area contributed by atoms with Crippen LogP contribution in [0, 0.1) is 0 Å². The van der Waals surface area contributed by atoms with E-state index >= 15 is 0 Å². The van der Waals surface area contributed by atoms with Crippen molar-refractivity contribution >= 4 is 62.6 Å². The molecule has 1 aliphatic heterocycles. The van der Waals surface area contributed by atoms with Crippen LogP contribution in [0.25, 0.3) is 12.2 Å². The van der Waals surface area contributed by atoms with E-state index in [0.29, 0.717) is 0 Å². The Balaban J connectivity index is 1.42. The third-order valence-corrected chi connectivity index (χ3v) is 8.52. The van der Waals surface area contributed by atoms with Crippen LogP contribution in [-0.4, -0.2) is 31.9 Å². The molecule has 3 aliphatic rings. The van der Waals surface area contributed by atoms with Crippen molar-refractivity contribution in [2.75, 3.05) is 0 Å². The number of aromatic amines is 1. The SMILES string of the molecule is S=C1NC(=NC2CCCc3ccccc32)C(c2cc(Br)cs2)N1C1C=c2[nH]cnc2=CC1. The van der Waals surface area contributed by atoms with Crippen molar-refractivity contribution in [3.8, 4) is 0 Å². The molecule has 2 aliphatic carbocycles. The number of amidine groups is 1. The normalized spacial score (nSPS) is 25.7. The second-order valence-corrected chi connectivity index (χ2v) is 10.6. The second-order valence-electron chi connectivity index (χ2n) is 8.40. The van der Waals surface area contributed by atoms with Crippen molar-refractivity contribution in [1.82, 2.24) is 20.2 Å². The summed E-state index contributed by atoms with van der Waals surface area (Å²) in [4.78, 5) is 16.5. The zero-order valence-corrected chi connectivity index (χ0v) is 20.5. The molecule has 0 spiro atoms. The highest BCUT2D eigenvalue weighted by molar-refractivity contribution is 9.10. The predicted molar refractivity (Wildman–Crippen MR) is 137 cm³/mol. The first kappa shape index (κ1) is 20.3. The van der Waals surface area contributed by atoms with Crippen molar-refractivity contribution in [1.29, 1.82) is 0 Å². The fourth-order valence-corrected chi connectivity index (χ4v) is 6.90. The van der Waals surface area contributed by atoms with E-state index in [4.69, 9.17) is 17.2 Å². The third kappa shape index (κ3) is 3.54. The lowest BCUT2D eigenvalue weighted by Crippen LogP contribution is -2.42. The summed E-state index contributed by atoms with van der Waals surface area (Å²) < 4.78 is 1.09. The van der Waals surface area contributed by atoms with Crippen LogP contribution in [0.15, 0.2) is 51.5 Å². The number of nitrogens with one attached hydrogen (secondary N) is 2. The molecule has 0 bridgehead atoms. The van der Waals surface area contributed by atoms with Crippen molar-refractivity contribution in [3.05, 3.63) is 73.2 Å². The Morgan fingerprint density at radius 3 is 3.06 bits per heavy atom. The van der Waals surface area contributed by atoms with Gasteiger partial charge in [0.05, 0.1) is 29.1 Å². The Morgan fingerprint density at radius 2 is 2.19 bits per heavy atom. The molecule has 162 valence electrons. The molecule has 1 saturated heterocycles. The number of nitrogens with zero attached hydrogens (tertiary/aromatic N) is 3. The van der Waals surface area contributed by atoms with Gasteiger partial charge in [-0.2, -0.15) is 0 Å². The van der Waals surface area contributed by atoms with Gasteiger partial charge in [-0.05, 0) is 77.1 Å². The molecule has 0 amide bonds. The quantitative estimate of drug-likeness (QED) is 0.510.